The van der Waals surface area contributed by atoms with Crippen molar-refractivity contribution in [2.45, 2.75) is 45.3 Å². The molecule has 2 aliphatic rings. The molecule has 2 aliphatic heterocycles. The number of nitrogens with zero attached hydrogens (tertiary/aromatic N) is 3. The van der Waals surface area contributed by atoms with Crippen molar-refractivity contribution in [3.8, 4) is 0 Å². The van der Waals surface area contributed by atoms with Gasteiger partial charge in [-0.15, -0.1) is 0 Å². The smallest absolute Gasteiger partial charge is 0.407 e. The molecule has 0 aliphatic carbocycles. The Kier molecular flexibility index (Phi) is 6.33. The number of hydrogen-bond donors (Lipinski definition) is 1. The molecule has 0 aromatic carbocycles. The highest BCUT2D eigenvalue weighted by Gasteiger charge is 2.47. The fraction of sp³-hybridized carbons (Fsp3) is 0.684. The lowest BCUT2D eigenvalue weighted by molar-refractivity contribution is 0.0454. The van der Waals surface area contributed by atoms with Crippen LogP contribution in [0.5, 0.6) is 0 Å². The van der Waals surface area contributed by atoms with E-state index in [2.05, 4.69) is 31.2 Å². The molecule has 1 spiro atoms. The first-order chi connectivity index (χ1) is 13.6. The van der Waals surface area contributed by atoms with Crippen LogP contribution in [0.15, 0.2) is 10.8 Å². The number of nitrogens with one attached hydrogen (secondary N) is 1. The maximum absolute atomic E-state index is 12.2. The predicted molar refractivity (Wildman–Crippen MR) is 109 cm³/mol. The summed E-state index contributed by atoms with van der Waals surface area (Å²) >= 11 is 3.25. The van der Waals surface area contributed by atoms with E-state index in [4.69, 9.17) is 14.2 Å². The summed E-state index contributed by atoms with van der Waals surface area (Å²) in [6, 6.07) is -0.115. The zero-order valence-corrected chi connectivity index (χ0v) is 18.7. The molecule has 0 bridgehead atoms. The Balaban J connectivity index is 1.70. The Hall–Kier alpha value is -1.94. The molecule has 3 rings (SSSR count). The summed E-state index contributed by atoms with van der Waals surface area (Å²) < 4.78 is 16.4. The van der Waals surface area contributed by atoms with Crippen molar-refractivity contribution in [1.82, 2.24) is 15.3 Å². The number of halogens is 1. The second-order valence-corrected chi connectivity index (χ2v) is 9.23. The van der Waals surface area contributed by atoms with Crippen molar-refractivity contribution in [2.24, 2.45) is 5.41 Å². The number of aromatic nitrogens is 2. The van der Waals surface area contributed by atoms with E-state index >= 15 is 0 Å². The second-order valence-electron chi connectivity index (χ2n) is 8.42. The van der Waals surface area contributed by atoms with Crippen molar-refractivity contribution in [3.63, 3.8) is 0 Å². The molecule has 0 saturated carbocycles. The summed E-state index contributed by atoms with van der Waals surface area (Å²) in [4.78, 5) is 35.0. The van der Waals surface area contributed by atoms with Gasteiger partial charge >= 0.3 is 12.1 Å². The number of alkyl carbamates (subject to hydrolysis) is 1. The Morgan fingerprint density at radius 3 is 2.66 bits per heavy atom. The van der Waals surface area contributed by atoms with Crippen LogP contribution in [-0.4, -0.2) is 67.1 Å². The third-order valence-electron chi connectivity index (χ3n) is 5.27. The number of rotatable bonds is 3. The number of piperidine rings is 1. The predicted octanol–water partition coefficient (Wildman–Crippen LogP) is 2.54. The van der Waals surface area contributed by atoms with Gasteiger partial charge < -0.3 is 24.4 Å². The normalized spacial score (nSPS) is 21.1. The highest BCUT2D eigenvalue weighted by atomic mass is 79.9. The molecule has 0 radical (unpaired) electrons. The van der Waals surface area contributed by atoms with Gasteiger partial charge in [-0.1, -0.05) is 0 Å². The van der Waals surface area contributed by atoms with Crippen LogP contribution in [0.25, 0.3) is 0 Å². The second kappa shape index (κ2) is 8.43. The molecule has 10 heteroatoms. The fourth-order valence-corrected chi connectivity index (χ4v) is 4.06. The van der Waals surface area contributed by atoms with Crippen LogP contribution in [0.2, 0.25) is 0 Å². The average Bonchev–Trinajstić information content (AvgIpc) is 3.02. The zero-order chi connectivity index (χ0) is 21.2. The molecular formula is C19H27BrN4O5. The van der Waals surface area contributed by atoms with Gasteiger partial charge in [-0.25, -0.2) is 19.6 Å². The molecule has 9 nitrogen and oxygen atoms in total. The van der Waals surface area contributed by atoms with Gasteiger partial charge in [-0.05, 0) is 49.5 Å². The first-order valence-electron chi connectivity index (χ1n) is 9.57. The van der Waals surface area contributed by atoms with Crippen molar-refractivity contribution in [3.05, 3.63) is 16.5 Å². The van der Waals surface area contributed by atoms with Gasteiger partial charge in [0.15, 0.2) is 11.5 Å². The number of methoxy groups -OCH3 is 1. The first-order valence-corrected chi connectivity index (χ1v) is 10.4. The van der Waals surface area contributed by atoms with Gasteiger partial charge in [0.25, 0.3) is 0 Å². The molecule has 1 aromatic rings. The average molecular weight is 471 g/mol. The topological polar surface area (TPSA) is 103 Å². The summed E-state index contributed by atoms with van der Waals surface area (Å²) in [6.07, 6.45) is 2.71. The molecule has 3 heterocycles. The number of ether oxygens (including phenoxy) is 3. The largest absolute Gasteiger partial charge is 0.464 e. The molecule has 1 amide bonds. The maximum Gasteiger partial charge on any atom is 0.407 e. The molecular weight excluding hydrogens is 444 g/mol. The van der Waals surface area contributed by atoms with Gasteiger partial charge in [0.1, 0.15) is 10.2 Å². The van der Waals surface area contributed by atoms with E-state index < -0.39 is 17.7 Å². The van der Waals surface area contributed by atoms with Crippen molar-refractivity contribution in [1.29, 1.82) is 0 Å². The van der Waals surface area contributed by atoms with Crippen molar-refractivity contribution in [2.75, 3.05) is 38.3 Å². The number of amides is 1. The van der Waals surface area contributed by atoms with E-state index in [1.807, 2.05) is 25.7 Å². The third kappa shape index (κ3) is 4.98. The van der Waals surface area contributed by atoms with Crippen molar-refractivity contribution >= 4 is 33.8 Å². The van der Waals surface area contributed by atoms with E-state index in [1.54, 1.807) is 6.20 Å². The SMILES string of the molecule is COC(=O)c1nc(Br)cnc1N1CCC2(CC1)COC[C@H]2NC(=O)OC(C)(C)C. The zero-order valence-electron chi connectivity index (χ0n) is 17.2. The van der Waals surface area contributed by atoms with Gasteiger partial charge in [0, 0.05) is 18.5 Å². The summed E-state index contributed by atoms with van der Waals surface area (Å²) in [7, 11) is 1.32. The van der Waals surface area contributed by atoms with Gasteiger partial charge in [-0.3, -0.25) is 0 Å². The van der Waals surface area contributed by atoms with E-state index in [9.17, 15) is 9.59 Å². The van der Waals surface area contributed by atoms with E-state index in [0.717, 1.165) is 12.8 Å². The van der Waals surface area contributed by atoms with Gasteiger partial charge in [0.05, 0.1) is 32.6 Å². The van der Waals surface area contributed by atoms with Crippen molar-refractivity contribution < 1.29 is 23.8 Å². The molecule has 29 heavy (non-hydrogen) atoms. The Morgan fingerprint density at radius 1 is 1.34 bits per heavy atom. The van der Waals surface area contributed by atoms with E-state index in [0.29, 0.717) is 36.7 Å². The summed E-state index contributed by atoms with van der Waals surface area (Å²) in [6.45, 7) is 7.88. The first kappa shape index (κ1) is 21.8. The van der Waals surface area contributed by atoms with Crippen LogP contribution in [0.4, 0.5) is 10.6 Å². The molecule has 0 unspecified atom stereocenters. The van der Waals surface area contributed by atoms with E-state index in [1.165, 1.54) is 7.11 Å². The quantitative estimate of drug-likeness (QED) is 0.672. The summed E-state index contributed by atoms with van der Waals surface area (Å²) in [5.41, 5.74) is -0.532. The van der Waals surface area contributed by atoms with Gasteiger partial charge in [0.2, 0.25) is 0 Å². The van der Waals surface area contributed by atoms with Crippen LogP contribution in [0.3, 0.4) is 0 Å². The lowest BCUT2D eigenvalue weighted by Gasteiger charge is -2.42. The van der Waals surface area contributed by atoms with Gasteiger partial charge in [-0.2, -0.15) is 0 Å². The number of esters is 1. The summed E-state index contributed by atoms with van der Waals surface area (Å²) in [5, 5.41) is 2.98. The van der Waals surface area contributed by atoms with Crippen LogP contribution < -0.4 is 10.2 Å². The summed E-state index contributed by atoms with van der Waals surface area (Å²) in [5.74, 6) is -0.0202. The highest BCUT2D eigenvalue weighted by molar-refractivity contribution is 9.10. The molecule has 1 aromatic heterocycles. The van der Waals surface area contributed by atoms with Crippen LogP contribution in [-0.2, 0) is 14.2 Å². The third-order valence-corrected chi connectivity index (χ3v) is 5.65. The Morgan fingerprint density at radius 2 is 2.03 bits per heavy atom. The molecule has 1 atom stereocenters. The Bertz CT molecular complexity index is 774. The maximum atomic E-state index is 12.2. The lowest BCUT2D eigenvalue weighted by atomic mass is 9.74. The van der Waals surface area contributed by atoms with Crippen LogP contribution in [0.1, 0.15) is 44.1 Å². The van der Waals surface area contributed by atoms with Crippen LogP contribution in [0, 0.1) is 5.41 Å². The lowest BCUT2D eigenvalue weighted by Crippen LogP contribution is -2.53. The van der Waals surface area contributed by atoms with E-state index in [-0.39, 0.29) is 17.2 Å². The monoisotopic (exact) mass is 470 g/mol. The molecule has 160 valence electrons. The number of anilines is 1. The minimum absolute atomic E-state index is 0.115. The minimum Gasteiger partial charge on any atom is -0.464 e. The molecule has 1 N–H and O–H groups in total. The highest BCUT2D eigenvalue weighted by Crippen LogP contribution is 2.40. The number of carbonyl (C=O) groups excluding carboxylic acids is 2. The molecule has 2 fully saturated rings. The Labute approximate surface area is 178 Å². The number of carbonyl (C=O) groups is 2. The standard InChI is InChI=1S/C19H27BrN4O5/c1-18(2,3)29-17(26)22-12-10-28-11-19(12)5-7-24(8-6-19)15-14(16(25)27-4)23-13(20)9-21-15/h9,12H,5-8,10-11H2,1-4H3,(H,22,26)/t12-/m1/s1. The van der Waals surface area contributed by atoms with Crippen LogP contribution >= 0.6 is 15.9 Å². The molecule has 2 saturated heterocycles. The fourth-order valence-electron chi connectivity index (χ4n) is 3.78. The number of hydrogen-bond acceptors (Lipinski definition) is 8. The minimum atomic E-state index is -0.551.